The zero-order valence-electron chi connectivity index (χ0n) is 9.83. The summed E-state index contributed by atoms with van der Waals surface area (Å²) in [6, 6.07) is 0. The summed E-state index contributed by atoms with van der Waals surface area (Å²) in [6.45, 7) is 17.2. The number of hydrogen-bond acceptors (Lipinski definition) is 2. The Morgan fingerprint density at radius 1 is 0.714 bits per heavy atom. The minimum atomic E-state index is -0.833. The fraction of sp³-hybridized carbons (Fsp3) is 0.500. The smallest absolute Gasteiger partial charge is 0.300 e. The minimum absolute atomic E-state index is 0.833. The van der Waals surface area contributed by atoms with Crippen molar-refractivity contribution in [3.8, 4) is 0 Å². The molecule has 0 saturated carbocycles. The average molecular weight is 207 g/mol. The van der Waals surface area contributed by atoms with Crippen molar-refractivity contribution in [2.45, 2.75) is 34.6 Å². The fourth-order valence-corrected chi connectivity index (χ4v) is 0. The molecule has 0 spiro atoms. The third-order valence-electron chi connectivity index (χ3n) is 0. The van der Waals surface area contributed by atoms with Gasteiger partial charge in [-0.05, 0) is 0 Å². The van der Waals surface area contributed by atoms with E-state index in [0.717, 1.165) is 13.8 Å². The summed E-state index contributed by atoms with van der Waals surface area (Å²) in [5.74, 6) is -1.67. The Morgan fingerprint density at radius 3 is 0.714 bits per heavy atom. The van der Waals surface area contributed by atoms with Crippen LogP contribution in [0.1, 0.15) is 34.6 Å². The lowest BCUT2D eigenvalue weighted by Crippen LogP contribution is -1.78. The SMILES string of the molecule is CC(=O)O.CC(=O)O.[CH2]C.[CH2]C.[CH2]C. The van der Waals surface area contributed by atoms with Gasteiger partial charge in [0.1, 0.15) is 0 Å². The Balaban J connectivity index is -0.0000000255. The van der Waals surface area contributed by atoms with Gasteiger partial charge in [-0.1, -0.05) is 41.5 Å². The topological polar surface area (TPSA) is 74.6 Å². The highest BCUT2D eigenvalue weighted by Crippen LogP contribution is 1.42. The van der Waals surface area contributed by atoms with E-state index >= 15 is 0 Å². The number of carboxylic acids is 2. The van der Waals surface area contributed by atoms with E-state index in [2.05, 4.69) is 20.8 Å². The highest BCUT2D eigenvalue weighted by atomic mass is 16.4. The zero-order valence-corrected chi connectivity index (χ0v) is 9.83. The molecule has 0 rings (SSSR count). The molecule has 0 aliphatic rings. The molecule has 14 heavy (non-hydrogen) atoms. The van der Waals surface area contributed by atoms with E-state index in [1.807, 2.05) is 0 Å². The van der Waals surface area contributed by atoms with Gasteiger partial charge in [0.15, 0.2) is 0 Å². The van der Waals surface area contributed by atoms with Crippen LogP contribution in [0.3, 0.4) is 0 Å². The van der Waals surface area contributed by atoms with Crippen LogP contribution in [0.4, 0.5) is 0 Å². The number of aliphatic carboxylic acids is 2. The first-order valence-corrected chi connectivity index (χ1v) is 3.98. The Kier molecular flexibility index (Phi) is 122. The van der Waals surface area contributed by atoms with Crippen LogP contribution < -0.4 is 0 Å². The molecule has 0 bridgehead atoms. The van der Waals surface area contributed by atoms with Gasteiger partial charge < -0.3 is 10.2 Å². The van der Waals surface area contributed by atoms with E-state index in [0.29, 0.717) is 0 Å². The Labute approximate surface area is 88.0 Å². The normalized spacial score (nSPS) is 4.86. The molecule has 0 aliphatic heterocycles. The molecule has 0 aromatic rings. The van der Waals surface area contributed by atoms with Crippen molar-refractivity contribution in [1.29, 1.82) is 0 Å². The molecule has 0 fully saturated rings. The third kappa shape index (κ3) is 962. The van der Waals surface area contributed by atoms with Gasteiger partial charge in [0.25, 0.3) is 11.9 Å². The standard InChI is InChI=1S/2C2H4O2.3C2H5/c2*1-2(3)4;3*1-2/h2*1H3,(H,3,4);3*1H2,2H3. The van der Waals surface area contributed by atoms with Gasteiger partial charge >= 0.3 is 0 Å². The van der Waals surface area contributed by atoms with Crippen molar-refractivity contribution in [1.82, 2.24) is 0 Å². The van der Waals surface area contributed by atoms with Gasteiger partial charge in [0, 0.05) is 13.8 Å². The summed E-state index contributed by atoms with van der Waals surface area (Å²) in [7, 11) is 0. The molecule has 4 heteroatoms. The summed E-state index contributed by atoms with van der Waals surface area (Å²) in [5, 5.41) is 14.8. The molecule has 0 amide bonds. The van der Waals surface area contributed by atoms with Crippen LogP contribution >= 0.6 is 0 Å². The van der Waals surface area contributed by atoms with Crippen LogP contribution in [0.25, 0.3) is 0 Å². The van der Waals surface area contributed by atoms with Crippen LogP contribution in [-0.2, 0) is 9.59 Å². The molecule has 0 aromatic carbocycles. The van der Waals surface area contributed by atoms with Gasteiger partial charge in [-0.25, -0.2) is 0 Å². The molecular weight excluding hydrogens is 184 g/mol. The van der Waals surface area contributed by atoms with Crippen LogP contribution in [0, 0.1) is 20.8 Å². The van der Waals surface area contributed by atoms with Crippen molar-refractivity contribution in [3.05, 3.63) is 20.8 Å². The monoisotopic (exact) mass is 207 g/mol. The number of carboxylic acid groups (broad SMARTS) is 2. The van der Waals surface area contributed by atoms with Crippen LogP contribution in [0.5, 0.6) is 0 Å². The van der Waals surface area contributed by atoms with E-state index in [9.17, 15) is 0 Å². The highest BCUT2D eigenvalue weighted by molar-refractivity contribution is 5.63. The minimum Gasteiger partial charge on any atom is -0.481 e. The second-order valence-corrected chi connectivity index (χ2v) is 1.04. The molecule has 3 radical (unpaired) electrons. The van der Waals surface area contributed by atoms with Gasteiger partial charge in [0.2, 0.25) is 0 Å². The first kappa shape index (κ1) is 29.3. The highest BCUT2D eigenvalue weighted by Gasteiger charge is 1.65. The summed E-state index contributed by atoms with van der Waals surface area (Å²) in [5.41, 5.74) is 0. The van der Waals surface area contributed by atoms with Crippen molar-refractivity contribution >= 4 is 11.9 Å². The molecule has 0 aromatic heterocycles. The van der Waals surface area contributed by atoms with E-state index in [1.165, 1.54) is 0 Å². The summed E-state index contributed by atoms with van der Waals surface area (Å²) in [4.78, 5) is 18.0. The Morgan fingerprint density at radius 2 is 0.714 bits per heavy atom. The lowest BCUT2D eigenvalue weighted by molar-refractivity contribution is -0.135. The van der Waals surface area contributed by atoms with Crippen molar-refractivity contribution < 1.29 is 19.8 Å². The van der Waals surface area contributed by atoms with Crippen LogP contribution in [-0.4, -0.2) is 22.2 Å². The molecule has 0 unspecified atom stereocenters. The maximum Gasteiger partial charge on any atom is 0.300 e. The summed E-state index contributed by atoms with van der Waals surface area (Å²) < 4.78 is 0. The van der Waals surface area contributed by atoms with Gasteiger partial charge in [-0.2, -0.15) is 0 Å². The molecule has 0 saturated heterocycles. The summed E-state index contributed by atoms with van der Waals surface area (Å²) in [6.07, 6.45) is 0. The molecule has 2 N–H and O–H groups in total. The molecule has 0 heterocycles. The number of carbonyl (C=O) groups is 2. The van der Waals surface area contributed by atoms with Crippen molar-refractivity contribution in [2.24, 2.45) is 0 Å². The van der Waals surface area contributed by atoms with Crippen LogP contribution in [0.2, 0.25) is 0 Å². The van der Waals surface area contributed by atoms with E-state index in [1.54, 1.807) is 20.8 Å². The second-order valence-electron chi connectivity index (χ2n) is 1.04. The lowest BCUT2D eigenvalue weighted by atomic mass is 10.9. The summed E-state index contributed by atoms with van der Waals surface area (Å²) >= 11 is 0. The maximum atomic E-state index is 9.00. The van der Waals surface area contributed by atoms with Crippen molar-refractivity contribution in [3.63, 3.8) is 0 Å². The zero-order chi connectivity index (χ0) is 13.2. The predicted octanol–water partition coefficient (Wildman–Crippen LogP) is 2.70. The predicted molar refractivity (Wildman–Crippen MR) is 59.7 cm³/mol. The second kappa shape index (κ2) is 58.6. The number of hydrogen-bond donors (Lipinski definition) is 2. The van der Waals surface area contributed by atoms with Crippen LogP contribution in [0.15, 0.2) is 0 Å². The molecule has 4 nitrogen and oxygen atoms in total. The van der Waals surface area contributed by atoms with Crippen molar-refractivity contribution in [2.75, 3.05) is 0 Å². The first-order chi connectivity index (χ1) is 6.46. The third-order valence-corrected chi connectivity index (χ3v) is 0. The molecular formula is C10H23O4. The van der Waals surface area contributed by atoms with E-state index < -0.39 is 11.9 Å². The molecule has 87 valence electrons. The number of rotatable bonds is 0. The van der Waals surface area contributed by atoms with E-state index in [4.69, 9.17) is 19.8 Å². The quantitative estimate of drug-likeness (QED) is 0.640. The molecule has 0 aliphatic carbocycles. The van der Waals surface area contributed by atoms with Gasteiger partial charge in [-0.15, -0.1) is 0 Å². The average Bonchev–Trinajstić information content (AvgIpc) is 2.12. The fourth-order valence-electron chi connectivity index (χ4n) is 0. The lowest BCUT2D eigenvalue weighted by Gasteiger charge is -1.59. The van der Waals surface area contributed by atoms with Gasteiger partial charge in [0.05, 0.1) is 0 Å². The Hall–Kier alpha value is -1.06. The largest absolute Gasteiger partial charge is 0.481 e. The Bertz CT molecular complexity index is 70.1. The van der Waals surface area contributed by atoms with E-state index in [-0.39, 0.29) is 0 Å². The van der Waals surface area contributed by atoms with Gasteiger partial charge in [-0.3, -0.25) is 9.59 Å². The molecule has 0 atom stereocenters. The first-order valence-electron chi connectivity index (χ1n) is 3.98. The maximum absolute atomic E-state index is 9.00.